The Morgan fingerprint density at radius 2 is 1.57 bits per heavy atom. The Morgan fingerprint density at radius 3 is 2.33 bits per heavy atom. The molecule has 3 aliphatic heterocycles. The van der Waals surface area contributed by atoms with E-state index in [1.54, 1.807) is 30.3 Å². The van der Waals surface area contributed by atoms with E-state index in [0.29, 0.717) is 23.1 Å². The molecule has 262 valence electrons. The van der Waals surface area contributed by atoms with Crippen LogP contribution in [-0.4, -0.2) is 89.7 Å². The summed E-state index contributed by atoms with van der Waals surface area (Å²) >= 11 is 0. The molecule has 0 radical (unpaired) electrons. The fourth-order valence-corrected chi connectivity index (χ4v) is 8.03. The van der Waals surface area contributed by atoms with Crippen molar-refractivity contribution >= 4 is 35.1 Å². The molecule has 51 heavy (non-hydrogen) atoms. The summed E-state index contributed by atoms with van der Waals surface area (Å²) in [6.45, 7) is 1.98. The monoisotopic (exact) mass is 689 g/mol. The number of likely N-dealkylation sites (tertiary alicyclic amines) is 1. The predicted molar refractivity (Wildman–Crippen MR) is 187 cm³/mol. The molecule has 1 unspecified atom stereocenters. The normalized spacial score (nSPS) is 23.0. The van der Waals surface area contributed by atoms with Crippen LogP contribution in [0.4, 0.5) is 11.5 Å². The van der Waals surface area contributed by atoms with Gasteiger partial charge in [0.2, 0.25) is 11.8 Å². The summed E-state index contributed by atoms with van der Waals surface area (Å²) in [5, 5.41) is 29.1. The first kappa shape index (κ1) is 32.6. The number of anilines is 2. The van der Waals surface area contributed by atoms with Crippen molar-refractivity contribution in [3.63, 3.8) is 0 Å². The number of amides is 4. The van der Waals surface area contributed by atoms with Crippen molar-refractivity contribution in [1.82, 2.24) is 35.1 Å². The van der Waals surface area contributed by atoms with Gasteiger partial charge in [0.1, 0.15) is 11.8 Å². The second-order valence-corrected chi connectivity index (χ2v) is 13.9. The number of nitrogens with zero attached hydrogens (tertiary/aromatic N) is 6. The third kappa shape index (κ3) is 6.20. The predicted octanol–water partition coefficient (Wildman–Crippen LogP) is 3.76. The van der Waals surface area contributed by atoms with Crippen molar-refractivity contribution in [1.29, 1.82) is 0 Å². The Morgan fingerprint density at radius 1 is 0.804 bits per heavy atom. The first-order valence-corrected chi connectivity index (χ1v) is 17.6. The number of para-hydroxylation sites is 1. The molecule has 1 atom stereocenters. The van der Waals surface area contributed by atoms with Crippen LogP contribution in [0.25, 0.3) is 22.4 Å². The number of carbonyl (C=O) groups excluding carboxylic acids is 4. The molecule has 4 aliphatic rings. The highest BCUT2D eigenvalue weighted by Gasteiger charge is 2.44. The van der Waals surface area contributed by atoms with Crippen molar-refractivity contribution in [3.8, 4) is 28.1 Å². The number of hydrogen-bond donors (Lipinski definition) is 4. The number of aromatic nitrogens is 4. The van der Waals surface area contributed by atoms with Crippen LogP contribution in [0.1, 0.15) is 78.1 Å². The molecule has 5 heterocycles. The molecule has 8 rings (SSSR count). The SMILES string of the molecule is Nc1nnc(-c2ccccc2O)cc1-c1cnn(C2CCN(C3CCC(Nc4ccc5c(c4)C(=O)N(C4CCC(=O)NC4=O)C5=O)CC3)CC2)c1. The van der Waals surface area contributed by atoms with Crippen molar-refractivity contribution < 1.29 is 24.3 Å². The first-order chi connectivity index (χ1) is 24.7. The maximum Gasteiger partial charge on any atom is 0.262 e. The highest BCUT2D eigenvalue weighted by Crippen LogP contribution is 2.35. The second-order valence-electron chi connectivity index (χ2n) is 13.9. The van der Waals surface area contributed by atoms with Crippen LogP contribution >= 0.6 is 0 Å². The van der Waals surface area contributed by atoms with Crippen LogP contribution in [0.3, 0.4) is 0 Å². The summed E-state index contributed by atoms with van der Waals surface area (Å²) in [7, 11) is 0. The number of nitrogen functional groups attached to an aromatic ring is 1. The van der Waals surface area contributed by atoms with Gasteiger partial charge in [-0.2, -0.15) is 5.10 Å². The van der Waals surface area contributed by atoms with E-state index in [0.717, 1.165) is 73.3 Å². The number of aromatic hydroxyl groups is 1. The summed E-state index contributed by atoms with van der Waals surface area (Å²) in [5.41, 5.74) is 10.3. The minimum Gasteiger partial charge on any atom is -0.507 e. The fraction of sp³-hybridized carbons (Fsp3) is 0.378. The van der Waals surface area contributed by atoms with E-state index in [2.05, 4.69) is 25.7 Å². The van der Waals surface area contributed by atoms with E-state index in [1.807, 2.05) is 35.3 Å². The molecular weight excluding hydrogens is 650 g/mol. The Hall–Kier alpha value is -5.63. The van der Waals surface area contributed by atoms with Crippen molar-refractivity contribution in [3.05, 3.63) is 72.1 Å². The molecule has 2 aromatic heterocycles. The van der Waals surface area contributed by atoms with Crippen molar-refractivity contribution in [2.45, 2.75) is 75.5 Å². The first-order valence-electron chi connectivity index (χ1n) is 17.6. The van der Waals surface area contributed by atoms with E-state index < -0.39 is 29.7 Å². The fourth-order valence-electron chi connectivity index (χ4n) is 8.03. The Labute approximate surface area is 294 Å². The summed E-state index contributed by atoms with van der Waals surface area (Å²) in [4.78, 5) is 53.9. The minimum absolute atomic E-state index is 0.0912. The third-order valence-electron chi connectivity index (χ3n) is 10.8. The van der Waals surface area contributed by atoms with Gasteiger partial charge in [-0.05, 0) is 81.3 Å². The van der Waals surface area contributed by atoms with Gasteiger partial charge in [0, 0.05) is 60.2 Å². The topological polar surface area (TPSA) is 189 Å². The number of nitrogens with two attached hydrogens (primary N) is 1. The van der Waals surface area contributed by atoms with E-state index in [4.69, 9.17) is 10.8 Å². The molecule has 1 saturated carbocycles. The number of carbonyl (C=O) groups is 4. The molecule has 14 heteroatoms. The van der Waals surface area contributed by atoms with E-state index in [9.17, 15) is 24.3 Å². The van der Waals surface area contributed by atoms with Gasteiger partial charge < -0.3 is 21.1 Å². The molecule has 3 fully saturated rings. The van der Waals surface area contributed by atoms with E-state index in [-0.39, 0.29) is 41.8 Å². The van der Waals surface area contributed by atoms with Crippen LogP contribution in [0, 0.1) is 0 Å². The number of nitrogens with one attached hydrogen (secondary N) is 2. The number of phenolic OH excluding ortho intramolecular Hbond substituents is 1. The molecule has 5 N–H and O–H groups in total. The van der Waals surface area contributed by atoms with Gasteiger partial charge in [0.25, 0.3) is 11.8 Å². The summed E-state index contributed by atoms with van der Waals surface area (Å²) in [6.07, 6.45) is 10.1. The minimum atomic E-state index is -0.974. The lowest BCUT2D eigenvalue weighted by molar-refractivity contribution is -0.136. The molecular formula is C37H39N9O5. The molecule has 0 bridgehead atoms. The highest BCUT2D eigenvalue weighted by atomic mass is 16.3. The zero-order valence-electron chi connectivity index (χ0n) is 28.0. The molecule has 4 amide bonds. The van der Waals surface area contributed by atoms with Crippen LogP contribution in [0.15, 0.2) is 60.9 Å². The van der Waals surface area contributed by atoms with Crippen molar-refractivity contribution in [2.75, 3.05) is 24.1 Å². The smallest absolute Gasteiger partial charge is 0.262 e. The van der Waals surface area contributed by atoms with Gasteiger partial charge in [-0.1, -0.05) is 12.1 Å². The van der Waals surface area contributed by atoms with Gasteiger partial charge in [-0.25, -0.2) is 0 Å². The van der Waals surface area contributed by atoms with Gasteiger partial charge >= 0.3 is 0 Å². The lowest BCUT2D eigenvalue weighted by Crippen LogP contribution is -2.54. The summed E-state index contributed by atoms with van der Waals surface area (Å²) in [6, 6.07) is 14.1. The molecule has 14 nitrogen and oxygen atoms in total. The molecule has 2 saturated heterocycles. The van der Waals surface area contributed by atoms with E-state index in [1.165, 1.54) is 0 Å². The number of imide groups is 2. The molecule has 0 spiro atoms. The quantitative estimate of drug-likeness (QED) is 0.207. The van der Waals surface area contributed by atoms with Gasteiger partial charge in [0.15, 0.2) is 5.82 Å². The lowest BCUT2D eigenvalue weighted by Gasteiger charge is -2.41. The van der Waals surface area contributed by atoms with Crippen molar-refractivity contribution in [2.24, 2.45) is 0 Å². The Kier molecular flexibility index (Phi) is 8.46. The number of benzene rings is 2. The van der Waals surface area contributed by atoms with Crippen LogP contribution in [0.5, 0.6) is 5.75 Å². The average Bonchev–Trinajstić information content (AvgIpc) is 3.72. The molecule has 4 aromatic rings. The maximum atomic E-state index is 13.2. The number of fused-ring (bicyclic) bond motifs is 1. The van der Waals surface area contributed by atoms with Gasteiger partial charge in [-0.15, -0.1) is 10.2 Å². The number of hydrogen-bond acceptors (Lipinski definition) is 11. The largest absolute Gasteiger partial charge is 0.507 e. The van der Waals surface area contributed by atoms with Crippen LogP contribution in [-0.2, 0) is 9.59 Å². The van der Waals surface area contributed by atoms with Crippen LogP contribution < -0.4 is 16.4 Å². The maximum absolute atomic E-state index is 13.2. The Balaban J connectivity index is 0.841. The zero-order valence-corrected chi connectivity index (χ0v) is 28.0. The van der Waals surface area contributed by atoms with Gasteiger partial charge in [-0.3, -0.25) is 34.1 Å². The summed E-state index contributed by atoms with van der Waals surface area (Å²) in [5.74, 6) is -1.56. The summed E-state index contributed by atoms with van der Waals surface area (Å²) < 4.78 is 2.03. The number of phenols is 1. The lowest BCUT2D eigenvalue weighted by atomic mass is 9.88. The average molecular weight is 690 g/mol. The Bertz CT molecular complexity index is 2030. The van der Waals surface area contributed by atoms with Crippen LogP contribution in [0.2, 0.25) is 0 Å². The molecule has 2 aromatic carbocycles. The number of piperidine rings is 2. The van der Waals surface area contributed by atoms with Gasteiger partial charge in [0.05, 0.1) is 29.1 Å². The third-order valence-corrected chi connectivity index (χ3v) is 10.8. The highest BCUT2D eigenvalue weighted by molar-refractivity contribution is 6.23. The standard InChI is InChI=1S/C37H39N9O5/c38-34-28(18-30(42-43-34)27-3-1-2-4-32(27)47)21-19-39-45(20-21)25-13-15-44(16-14-25)24-8-5-22(6-9-24)40-23-7-10-26-29(17-23)37(51)46(36(26)50)31-11-12-33(48)41-35(31)49/h1-4,7,10,17-20,22,24-25,31,40,47H,5-6,8-9,11-16H2,(H2,38,43)(H,41,48,49). The molecule has 1 aliphatic carbocycles. The number of rotatable bonds is 7. The zero-order chi connectivity index (χ0) is 35.2. The van der Waals surface area contributed by atoms with E-state index >= 15 is 0 Å². The second kappa shape index (κ2) is 13.2.